The Labute approximate surface area is 264 Å². The summed E-state index contributed by atoms with van der Waals surface area (Å²) in [6, 6.07) is 11.5. The van der Waals surface area contributed by atoms with Gasteiger partial charge in [-0.3, -0.25) is 4.68 Å². The number of nitrogens with zero attached hydrogens (tertiary/aromatic N) is 4. The summed E-state index contributed by atoms with van der Waals surface area (Å²) >= 11 is 0. The highest BCUT2D eigenvalue weighted by Crippen LogP contribution is 2.32. The van der Waals surface area contributed by atoms with Crippen molar-refractivity contribution in [2.45, 2.75) is 58.4 Å². The molecular weight excluding hydrogens is 595 g/mol. The number of hydrogen-bond acceptors (Lipinski definition) is 7. The van der Waals surface area contributed by atoms with E-state index in [-0.39, 0.29) is 18.2 Å². The molecule has 0 aliphatic carbocycles. The van der Waals surface area contributed by atoms with Crippen molar-refractivity contribution >= 4 is 26.9 Å². The van der Waals surface area contributed by atoms with E-state index >= 15 is 0 Å². The summed E-state index contributed by atoms with van der Waals surface area (Å²) in [4.78, 5) is 18.6. The van der Waals surface area contributed by atoms with Crippen molar-refractivity contribution in [3.05, 3.63) is 65.7 Å². The van der Waals surface area contributed by atoms with Crippen LogP contribution in [0.3, 0.4) is 0 Å². The number of hydrogen-bond donors (Lipinski definition) is 2. The van der Waals surface area contributed by atoms with Gasteiger partial charge in [0.15, 0.2) is 0 Å². The number of nitrogens with one attached hydrogen (secondary N) is 2. The average Bonchev–Trinajstić information content (AvgIpc) is 3.60. The van der Waals surface area contributed by atoms with Gasteiger partial charge in [0.05, 0.1) is 17.7 Å². The highest BCUT2D eigenvalue weighted by molar-refractivity contribution is 7.89. The number of halogens is 1. The van der Waals surface area contributed by atoms with Gasteiger partial charge in [0.25, 0.3) is 0 Å². The summed E-state index contributed by atoms with van der Waals surface area (Å²) in [5.74, 6) is 0.133. The van der Waals surface area contributed by atoms with E-state index in [0.717, 1.165) is 37.9 Å². The molecule has 5 rings (SSSR count). The summed E-state index contributed by atoms with van der Waals surface area (Å²) in [7, 11) is -3.55. The third kappa shape index (κ3) is 8.36. The lowest BCUT2D eigenvalue weighted by molar-refractivity contribution is 0.0454. The minimum atomic E-state index is -3.55. The van der Waals surface area contributed by atoms with Gasteiger partial charge < -0.3 is 14.6 Å². The number of carbonyl (C=O) groups is 1. The fourth-order valence-electron chi connectivity index (χ4n) is 5.75. The Hall–Kier alpha value is -3.61. The second-order valence-corrected chi connectivity index (χ2v) is 14.6. The topological polar surface area (TPSA) is 122 Å². The highest BCUT2D eigenvalue weighted by atomic mass is 32.2. The van der Waals surface area contributed by atoms with Crippen molar-refractivity contribution in [1.82, 2.24) is 29.6 Å². The van der Waals surface area contributed by atoms with Gasteiger partial charge in [-0.1, -0.05) is 45.0 Å². The summed E-state index contributed by atoms with van der Waals surface area (Å²) in [5.41, 5.74) is 2.94. The summed E-state index contributed by atoms with van der Waals surface area (Å²) in [6.07, 6.45) is 4.58. The molecule has 1 fully saturated rings. The molecule has 3 heterocycles. The predicted molar refractivity (Wildman–Crippen MR) is 172 cm³/mol. The largest absolute Gasteiger partial charge is 0.461 e. The summed E-state index contributed by atoms with van der Waals surface area (Å²) < 4.78 is 49.7. The second-order valence-electron chi connectivity index (χ2n) is 12.8. The molecule has 2 aromatic carbocycles. The van der Waals surface area contributed by atoms with E-state index < -0.39 is 21.8 Å². The van der Waals surface area contributed by atoms with Gasteiger partial charge in [0, 0.05) is 36.1 Å². The van der Waals surface area contributed by atoms with Crippen molar-refractivity contribution in [1.29, 1.82) is 0 Å². The van der Waals surface area contributed by atoms with Crippen LogP contribution in [0, 0.1) is 23.6 Å². The molecule has 0 spiro atoms. The number of likely N-dealkylation sites (tertiary alicyclic amines) is 1. The van der Waals surface area contributed by atoms with Gasteiger partial charge in [-0.15, -0.1) is 5.10 Å². The van der Waals surface area contributed by atoms with Gasteiger partial charge in [-0.05, 0) is 86.0 Å². The molecular formula is C33H43FN6O4S. The molecule has 1 saturated heterocycles. The Morgan fingerprint density at radius 2 is 1.82 bits per heavy atom. The molecule has 1 aliphatic rings. The number of H-pyrrole nitrogens is 1. The van der Waals surface area contributed by atoms with Crippen LogP contribution in [0.1, 0.15) is 56.6 Å². The van der Waals surface area contributed by atoms with E-state index in [1.807, 2.05) is 26.0 Å². The first-order valence-corrected chi connectivity index (χ1v) is 17.2. The summed E-state index contributed by atoms with van der Waals surface area (Å²) in [6.45, 7) is 11.8. The minimum absolute atomic E-state index is 0.174. The average molecular weight is 639 g/mol. The zero-order chi connectivity index (χ0) is 32.1. The third-order valence-electron chi connectivity index (χ3n) is 8.06. The first kappa shape index (κ1) is 32.8. The van der Waals surface area contributed by atoms with Crippen LogP contribution in [-0.4, -0.2) is 72.1 Å². The van der Waals surface area contributed by atoms with Crippen LogP contribution >= 0.6 is 0 Å². The molecule has 1 aliphatic heterocycles. The SMILES string of the molecule is CC(C)COC(=O)c1[nH]c2ccc(F)cc2c1-c1cn(CC2CCN(CCNS(=O)(=O)c3ccc(CC(C)C)cc3)CC2)nn1. The molecule has 0 atom stereocenters. The van der Waals surface area contributed by atoms with E-state index in [9.17, 15) is 17.6 Å². The maximum atomic E-state index is 14.2. The minimum Gasteiger partial charge on any atom is -0.461 e. The standard InChI is InChI=1S/C33H43FN6O4S/c1-22(2)17-24-5-8-27(9-6-24)45(42,43)35-13-16-39-14-11-25(12-15-39)19-40-20-30(37-38-40)31-28-18-26(34)7-10-29(28)36-32(31)33(41)44-21-23(3)4/h5-10,18,20,22-23,25,35-36H,11-17,19,21H2,1-4H3. The number of rotatable bonds is 13. The maximum Gasteiger partial charge on any atom is 0.355 e. The van der Waals surface area contributed by atoms with E-state index in [0.29, 0.717) is 58.5 Å². The van der Waals surface area contributed by atoms with Crippen LogP contribution in [-0.2, 0) is 27.7 Å². The second kappa shape index (κ2) is 14.2. The number of ether oxygens (including phenoxy) is 1. The molecule has 0 bridgehead atoms. The highest BCUT2D eigenvalue weighted by Gasteiger charge is 2.25. The zero-order valence-electron chi connectivity index (χ0n) is 26.4. The number of benzene rings is 2. The molecule has 45 heavy (non-hydrogen) atoms. The van der Waals surface area contributed by atoms with Gasteiger partial charge >= 0.3 is 5.97 Å². The van der Waals surface area contributed by atoms with E-state index in [2.05, 4.69) is 38.8 Å². The van der Waals surface area contributed by atoms with Crippen LogP contribution in [0.15, 0.2) is 53.6 Å². The lowest BCUT2D eigenvalue weighted by atomic mass is 9.97. The van der Waals surface area contributed by atoms with E-state index in [1.165, 1.54) is 12.1 Å². The van der Waals surface area contributed by atoms with E-state index in [4.69, 9.17) is 4.74 Å². The molecule has 10 nitrogen and oxygen atoms in total. The molecule has 242 valence electrons. The van der Waals surface area contributed by atoms with E-state index in [1.54, 1.807) is 29.1 Å². The van der Waals surface area contributed by atoms with Crippen molar-refractivity contribution < 1.29 is 22.3 Å². The van der Waals surface area contributed by atoms with Crippen LogP contribution in [0.5, 0.6) is 0 Å². The van der Waals surface area contributed by atoms with Gasteiger partial charge in [-0.25, -0.2) is 22.3 Å². The number of aromatic amines is 1. The molecule has 2 aromatic heterocycles. The fourth-order valence-corrected chi connectivity index (χ4v) is 6.78. The monoisotopic (exact) mass is 638 g/mol. The van der Waals surface area contributed by atoms with Gasteiger partial charge in [0.2, 0.25) is 10.0 Å². The first-order chi connectivity index (χ1) is 21.5. The van der Waals surface area contributed by atoms with Crippen LogP contribution in [0.25, 0.3) is 22.2 Å². The number of sulfonamides is 1. The molecule has 0 radical (unpaired) electrons. The van der Waals surface area contributed by atoms with Crippen LogP contribution in [0.4, 0.5) is 4.39 Å². The number of fused-ring (bicyclic) bond motifs is 1. The lowest BCUT2D eigenvalue weighted by Crippen LogP contribution is -2.40. The molecule has 0 amide bonds. The Morgan fingerprint density at radius 3 is 2.51 bits per heavy atom. The van der Waals surface area contributed by atoms with Crippen molar-refractivity contribution in [2.24, 2.45) is 17.8 Å². The van der Waals surface area contributed by atoms with Crippen molar-refractivity contribution in [3.8, 4) is 11.3 Å². The fraction of sp³-hybridized carbons (Fsp3) is 0.485. The lowest BCUT2D eigenvalue weighted by Gasteiger charge is -2.31. The Bertz CT molecular complexity index is 1710. The Balaban J connectivity index is 1.15. The van der Waals surface area contributed by atoms with Gasteiger partial charge in [-0.2, -0.15) is 0 Å². The smallest absolute Gasteiger partial charge is 0.355 e. The molecule has 0 unspecified atom stereocenters. The summed E-state index contributed by atoms with van der Waals surface area (Å²) in [5, 5.41) is 9.23. The maximum absolute atomic E-state index is 14.2. The quantitative estimate of drug-likeness (QED) is 0.192. The molecule has 4 aromatic rings. The number of carbonyl (C=O) groups excluding carboxylic acids is 1. The molecule has 12 heteroatoms. The predicted octanol–water partition coefficient (Wildman–Crippen LogP) is 5.27. The Kier molecular flexibility index (Phi) is 10.4. The number of esters is 1. The van der Waals surface area contributed by atoms with Crippen LogP contribution in [0.2, 0.25) is 0 Å². The van der Waals surface area contributed by atoms with Crippen molar-refractivity contribution in [2.75, 3.05) is 32.8 Å². The van der Waals surface area contributed by atoms with Crippen molar-refractivity contribution in [3.63, 3.8) is 0 Å². The zero-order valence-corrected chi connectivity index (χ0v) is 27.2. The first-order valence-electron chi connectivity index (χ1n) is 15.7. The normalized spacial score (nSPS) is 15.0. The Morgan fingerprint density at radius 1 is 1.09 bits per heavy atom. The third-order valence-corrected chi connectivity index (χ3v) is 9.53. The van der Waals surface area contributed by atoms with Crippen LogP contribution < -0.4 is 4.72 Å². The molecule has 2 N–H and O–H groups in total. The van der Waals surface area contributed by atoms with Gasteiger partial charge in [0.1, 0.15) is 17.2 Å². The number of piperidine rings is 1. The number of aromatic nitrogens is 4. The molecule has 0 saturated carbocycles.